The summed E-state index contributed by atoms with van der Waals surface area (Å²) in [7, 11) is 0. The van der Waals surface area contributed by atoms with Crippen LogP contribution in [0.3, 0.4) is 0 Å². The Kier molecular flexibility index (Phi) is 11.7. The standard InChI is InChI=1S/C31H50F2O/c1-3-5-7-8-9-11-23-34-29-20-17-27(18-21-29)30-22-19-28(24-31(30,32)33)26-15-13-25(14-16-26)12-10-6-4-2/h17-18,20-21,25-26,28,30H,3-16,19,22-24H2,1-2H3/t25?,26?,28-,30+/m0/s1. The highest BCUT2D eigenvalue weighted by Crippen LogP contribution is 2.51. The number of alkyl halides is 2. The summed E-state index contributed by atoms with van der Waals surface area (Å²) in [6.45, 7) is 5.20. The fourth-order valence-corrected chi connectivity index (χ4v) is 6.50. The normalized spacial score (nSPS) is 26.9. The van der Waals surface area contributed by atoms with E-state index in [2.05, 4.69) is 13.8 Å². The lowest BCUT2D eigenvalue weighted by Gasteiger charge is -2.41. The third-order valence-electron chi connectivity index (χ3n) is 8.69. The molecule has 34 heavy (non-hydrogen) atoms. The average Bonchev–Trinajstić information content (AvgIpc) is 2.84. The van der Waals surface area contributed by atoms with Crippen LogP contribution in [-0.2, 0) is 0 Å². The molecule has 2 fully saturated rings. The van der Waals surface area contributed by atoms with E-state index in [1.165, 1.54) is 83.5 Å². The zero-order valence-electron chi connectivity index (χ0n) is 22.0. The van der Waals surface area contributed by atoms with E-state index in [9.17, 15) is 0 Å². The molecule has 0 amide bonds. The molecular formula is C31H50F2O. The molecule has 2 aliphatic rings. The van der Waals surface area contributed by atoms with Gasteiger partial charge < -0.3 is 4.74 Å². The summed E-state index contributed by atoms with van der Waals surface area (Å²) >= 11 is 0. The summed E-state index contributed by atoms with van der Waals surface area (Å²) in [5, 5.41) is 0. The summed E-state index contributed by atoms with van der Waals surface area (Å²) in [5.41, 5.74) is 0.787. The predicted molar refractivity (Wildman–Crippen MR) is 140 cm³/mol. The van der Waals surface area contributed by atoms with E-state index in [1.807, 2.05) is 24.3 Å². The molecular weight excluding hydrogens is 426 g/mol. The van der Waals surface area contributed by atoms with Gasteiger partial charge in [-0.15, -0.1) is 0 Å². The molecule has 0 N–H and O–H groups in total. The van der Waals surface area contributed by atoms with Gasteiger partial charge in [-0.2, -0.15) is 0 Å². The van der Waals surface area contributed by atoms with E-state index in [0.717, 1.165) is 30.1 Å². The lowest BCUT2D eigenvalue weighted by molar-refractivity contribution is -0.0845. The van der Waals surface area contributed by atoms with E-state index in [4.69, 9.17) is 4.74 Å². The molecule has 0 radical (unpaired) electrons. The van der Waals surface area contributed by atoms with Gasteiger partial charge in [-0.3, -0.25) is 0 Å². The molecule has 1 aromatic rings. The molecule has 2 atom stereocenters. The van der Waals surface area contributed by atoms with Crippen molar-refractivity contribution < 1.29 is 13.5 Å². The second-order valence-corrected chi connectivity index (χ2v) is 11.3. The van der Waals surface area contributed by atoms with Crippen LogP contribution in [0.2, 0.25) is 0 Å². The van der Waals surface area contributed by atoms with Gasteiger partial charge in [0.05, 0.1) is 6.61 Å². The highest BCUT2D eigenvalue weighted by Gasteiger charge is 2.47. The first-order valence-electron chi connectivity index (χ1n) is 14.6. The van der Waals surface area contributed by atoms with Crippen molar-refractivity contribution in [1.82, 2.24) is 0 Å². The summed E-state index contributed by atoms with van der Waals surface area (Å²) in [6, 6.07) is 7.57. The van der Waals surface area contributed by atoms with Gasteiger partial charge in [0, 0.05) is 12.3 Å². The Balaban J connectivity index is 1.41. The third kappa shape index (κ3) is 8.52. The Hall–Kier alpha value is -1.12. The van der Waals surface area contributed by atoms with E-state index in [1.54, 1.807) is 0 Å². The van der Waals surface area contributed by atoms with Crippen LogP contribution in [-0.4, -0.2) is 12.5 Å². The first-order valence-corrected chi connectivity index (χ1v) is 14.6. The Labute approximate surface area is 208 Å². The largest absolute Gasteiger partial charge is 0.494 e. The molecule has 3 heteroatoms. The lowest BCUT2D eigenvalue weighted by atomic mass is 9.66. The van der Waals surface area contributed by atoms with Crippen LogP contribution < -0.4 is 4.74 Å². The van der Waals surface area contributed by atoms with E-state index >= 15 is 8.78 Å². The molecule has 0 saturated heterocycles. The molecule has 1 nitrogen and oxygen atoms in total. The molecule has 0 aromatic heterocycles. The maximum Gasteiger partial charge on any atom is 0.255 e. The number of unbranched alkanes of at least 4 members (excludes halogenated alkanes) is 7. The summed E-state index contributed by atoms with van der Waals surface area (Å²) in [6.07, 6.45) is 19.3. The molecule has 0 aliphatic heterocycles. The Morgan fingerprint density at radius 2 is 1.35 bits per heavy atom. The SMILES string of the molecule is CCCCCCCCOc1ccc([C@H]2CC[C@H](C3CCC(CCCCC)CC3)CC2(F)F)cc1. The Morgan fingerprint density at radius 3 is 2.03 bits per heavy atom. The minimum Gasteiger partial charge on any atom is -0.494 e. The maximum atomic E-state index is 15.3. The minimum atomic E-state index is -2.60. The lowest BCUT2D eigenvalue weighted by Crippen LogP contribution is -2.37. The molecule has 0 unspecified atom stereocenters. The highest BCUT2D eigenvalue weighted by molar-refractivity contribution is 5.31. The fourth-order valence-electron chi connectivity index (χ4n) is 6.50. The first kappa shape index (κ1) is 27.5. The van der Waals surface area contributed by atoms with Crippen LogP contribution in [0.15, 0.2) is 24.3 Å². The highest BCUT2D eigenvalue weighted by atomic mass is 19.3. The second-order valence-electron chi connectivity index (χ2n) is 11.3. The van der Waals surface area contributed by atoms with Gasteiger partial charge in [0.1, 0.15) is 5.75 Å². The van der Waals surface area contributed by atoms with Crippen LogP contribution in [0.5, 0.6) is 5.75 Å². The van der Waals surface area contributed by atoms with Gasteiger partial charge in [0.25, 0.3) is 5.92 Å². The van der Waals surface area contributed by atoms with E-state index in [-0.39, 0.29) is 12.3 Å². The van der Waals surface area contributed by atoms with Crippen molar-refractivity contribution in [2.75, 3.05) is 6.61 Å². The summed E-state index contributed by atoms with van der Waals surface area (Å²) < 4.78 is 36.4. The molecule has 3 rings (SSSR count). The number of ether oxygens (including phenoxy) is 1. The summed E-state index contributed by atoms with van der Waals surface area (Å²) in [5.74, 6) is -0.843. The van der Waals surface area contributed by atoms with Crippen molar-refractivity contribution >= 4 is 0 Å². The van der Waals surface area contributed by atoms with Crippen molar-refractivity contribution in [1.29, 1.82) is 0 Å². The quantitative estimate of drug-likeness (QED) is 0.243. The van der Waals surface area contributed by atoms with Crippen LogP contribution in [0.1, 0.15) is 134 Å². The number of hydrogen-bond donors (Lipinski definition) is 0. The van der Waals surface area contributed by atoms with Gasteiger partial charge in [-0.05, 0) is 67.6 Å². The van der Waals surface area contributed by atoms with E-state index in [0.29, 0.717) is 18.9 Å². The topological polar surface area (TPSA) is 9.23 Å². The minimum absolute atomic E-state index is 0.0825. The first-order chi connectivity index (χ1) is 16.5. The summed E-state index contributed by atoms with van der Waals surface area (Å²) in [4.78, 5) is 0. The van der Waals surface area contributed by atoms with E-state index < -0.39 is 11.8 Å². The Bertz CT molecular complexity index is 663. The number of halogens is 2. The van der Waals surface area contributed by atoms with Gasteiger partial charge >= 0.3 is 0 Å². The van der Waals surface area contributed by atoms with Gasteiger partial charge in [0.15, 0.2) is 0 Å². The fraction of sp³-hybridized carbons (Fsp3) is 0.806. The number of hydrogen-bond acceptors (Lipinski definition) is 1. The second kappa shape index (κ2) is 14.4. The van der Waals surface area contributed by atoms with Crippen molar-refractivity contribution in [3.8, 4) is 5.75 Å². The molecule has 2 aliphatic carbocycles. The smallest absolute Gasteiger partial charge is 0.255 e. The van der Waals surface area contributed by atoms with Crippen LogP contribution in [0.25, 0.3) is 0 Å². The van der Waals surface area contributed by atoms with Gasteiger partial charge in [-0.1, -0.05) is 96.6 Å². The molecule has 194 valence electrons. The average molecular weight is 477 g/mol. The number of rotatable bonds is 14. The molecule has 0 spiro atoms. The maximum absolute atomic E-state index is 15.3. The van der Waals surface area contributed by atoms with Crippen molar-refractivity contribution in [2.45, 2.75) is 135 Å². The molecule has 0 bridgehead atoms. The molecule has 0 heterocycles. The Morgan fingerprint density at radius 1 is 0.735 bits per heavy atom. The van der Waals surface area contributed by atoms with Crippen LogP contribution in [0.4, 0.5) is 8.78 Å². The zero-order chi connectivity index (χ0) is 24.2. The van der Waals surface area contributed by atoms with Crippen LogP contribution in [0, 0.1) is 17.8 Å². The number of benzene rings is 1. The predicted octanol–water partition coefficient (Wildman–Crippen LogP) is 10.3. The monoisotopic (exact) mass is 476 g/mol. The zero-order valence-corrected chi connectivity index (χ0v) is 22.0. The van der Waals surface area contributed by atoms with Gasteiger partial charge in [-0.25, -0.2) is 8.78 Å². The molecule has 2 saturated carbocycles. The van der Waals surface area contributed by atoms with Crippen molar-refractivity contribution in [3.05, 3.63) is 29.8 Å². The molecule has 1 aromatic carbocycles. The van der Waals surface area contributed by atoms with Crippen LogP contribution >= 0.6 is 0 Å². The van der Waals surface area contributed by atoms with Crippen molar-refractivity contribution in [2.24, 2.45) is 17.8 Å². The van der Waals surface area contributed by atoms with Crippen molar-refractivity contribution in [3.63, 3.8) is 0 Å². The van der Waals surface area contributed by atoms with Gasteiger partial charge in [0.2, 0.25) is 0 Å². The third-order valence-corrected chi connectivity index (χ3v) is 8.69.